The molecule has 0 saturated heterocycles. The Morgan fingerprint density at radius 3 is 1.78 bits per heavy atom. The fraction of sp³-hybridized carbons (Fsp3) is 0. The van der Waals surface area contributed by atoms with Crippen LogP contribution in [0.4, 0.5) is 17.1 Å². The predicted molar refractivity (Wildman–Crippen MR) is 231 cm³/mol. The van der Waals surface area contributed by atoms with Crippen LogP contribution in [0.5, 0.6) is 0 Å². The lowest BCUT2D eigenvalue weighted by molar-refractivity contribution is 0.669. The molecule has 0 atom stereocenters. The lowest BCUT2D eigenvalue weighted by Gasteiger charge is -2.29. The molecule has 0 amide bonds. The first-order valence-electron chi connectivity index (χ1n) is 18.8. The van der Waals surface area contributed by atoms with E-state index in [0.29, 0.717) is 0 Å². The minimum absolute atomic E-state index is 0.890. The number of nitrogens with zero attached hydrogens (tertiary/aromatic N) is 2. The van der Waals surface area contributed by atoms with Crippen molar-refractivity contribution in [3.05, 3.63) is 206 Å². The first-order valence-corrected chi connectivity index (χ1v) is 18.8. The van der Waals surface area contributed by atoms with Crippen LogP contribution >= 0.6 is 0 Å². The van der Waals surface area contributed by atoms with Crippen LogP contribution in [-0.2, 0) is 0 Å². The van der Waals surface area contributed by atoms with E-state index in [1.807, 2.05) is 12.1 Å². The second-order valence-electron chi connectivity index (χ2n) is 14.1. The molecule has 0 unspecified atom stereocenters. The van der Waals surface area contributed by atoms with E-state index >= 15 is 0 Å². The van der Waals surface area contributed by atoms with E-state index in [0.717, 1.165) is 61.4 Å². The minimum Gasteiger partial charge on any atom is -0.456 e. The number of rotatable bonds is 6. The van der Waals surface area contributed by atoms with E-state index in [2.05, 4.69) is 204 Å². The van der Waals surface area contributed by atoms with E-state index in [1.165, 1.54) is 38.1 Å². The second-order valence-corrected chi connectivity index (χ2v) is 14.1. The van der Waals surface area contributed by atoms with Gasteiger partial charge >= 0.3 is 0 Å². The van der Waals surface area contributed by atoms with Gasteiger partial charge in [0.15, 0.2) is 0 Å². The standard InChI is InChI=1S/C52H34N2O/c1-2-21-40-35(15-1)16-12-27-42(40)43-22-3-7-28-47(43)53(37-18-11-17-36(33-37)41-26-14-32-51-52(41)46-25-6-10-31-50(46)55-51)38-19-13-20-39(34-38)54-48-29-8-4-23-44(48)45-24-5-9-30-49(45)54/h1-34H. The number of hydrogen-bond acceptors (Lipinski definition) is 2. The van der Waals surface area contributed by atoms with Crippen LogP contribution < -0.4 is 4.90 Å². The number of para-hydroxylation sites is 4. The van der Waals surface area contributed by atoms with E-state index in [9.17, 15) is 0 Å². The van der Waals surface area contributed by atoms with Gasteiger partial charge in [0.2, 0.25) is 0 Å². The van der Waals surface area contributed by atoms with Gasteiger partial charge in [0, 0.05) is 44.2 Å². The summed E-state index contributed by atoms with van der Waals surface area (Å²) in [7, 11) is 0. The van der Waals surface area contributed by atoms with E-state index in [1.54, 1.807) is 0 Å². The van der Waals surface area contributed by atoms with Gasteiger partial charge in [0.1, 0.15) is 11.2 Å². The molecule has 258 valence electrons. The largest absolute Gasteiger partial charge is 0.456 e. The Morgan fingerprint density at radius 1 is 0.382 bits per heavy atom. The molecule has 0 fully saturated rings. The molecule has 0 bridgehead atoms. The van der Waals surface area contributed by atoms with Crippen molar-refractivity contribution >= 4 is 71.6 Å². The van der Waals surface area contributed by atoms with Crippen molar-refractivity contribution in [3.63, 3.8) is 0 Å². The summed E-state index contributed by atoms with van der Waals surface area (Å²) in [6, 6.07) is 74.0. The zero-order valence-corrected chi connectivity index (χ0v) is 29.9. The Labute approximate surface area is 318 Å². The van der Waals surface area contributed by atoms with Gasteiger partial charge in [-0.3, -0.25) is 0 Å². The molecule has 0 saturated carbocycles. The number of aromatic nitrogens is 1. The molecule has 0 radical (unpaired) electrons. The Kier molecular flexibility index (Phi) is 7.17. The van der Waals surface area contributed by atoms with Crippen LogP contribution in [0.2, 0.25) is 0 Å². The van der Waals surface area contributed by atoms with Crippen LogP contribution in [0.25, 0.3) is 82.5 Å². The molecule has 0 aliphatic rings. The summed E-state index contributed by atoms with van der Waals surface area (Å²) in [6.45, 7) is 0. The molecule has 0 aliphatic carbocycles. The van der Waals surface area contributed by atoms with Crippen molar-refractivity contribution in [1.82, 2.24) is 4.57 Å². The maximum atomic E-state index is 6.33. The van der Waals surface area contributed by atoms with Crippen molar-refractivity contribution < 1.29 is 4.42 Å². The van der Waals surface area contributed by atoms with Gasteiger partial charge in [-0.25, -0.2) is 0 Å². The molecule has 55 heavy (non-hydrogen) atoms. The lowest BCUT2D eigenvalue weighted by Crippen LogP contribution is -2.12. The molecule has 11 rings (SSSR count). The van der Waals surface area contributed by atoms with Crippen molar-refractivity contribution in [2.45, 2.75) is 0 Å². The molecule has 2 heterocycles. The van der Waals surface area contributed by atoms with Crippen molar-refractivity contribution in [1.29, 1.82) is 0 Å². The zero-order chi connectivity index (χ0) is 36.3. The molecule has 11 aromatic rings. The number of furan rings is 1. The predicted octanol–water partition coefficient (Wildman–Crippen LogP) is 14.6. The quantitative estimate of drug-likeness (QED) is 0.172. The Bertz CT molecular complexity index is 3180. The maximum absolute atomic E-state index is 6.33. The lowest BCUT2D eigenvalue weighted by atomic mass is 9.95. The highest BCUT2D eigenvalue weighted by atomic mass is 16.3. The summed E-state index contributed by atoms with van der Waals surface area (Å²) in [4.78, 5) is 2.42. The molecule has 0 N–H and O–H groups in total. The zero-order valence-electron chi connectivity index (χ0n) is 29.9. The molecular weight excluding hydrogens is 669 g/mol. The molecule has 3 heteroatoms. The number of anilines is 3. The molecule has 3 nitrogen and oxygen atoms in total. The van der Waals surface area contributed by atoms with Crippen molar-refractivity contribution in [2.24, 2.45) is 0 Å². The summed E-state index contributed by atoms with van der Waals surface area (Å²) in [5.74, 6) is 0. The highest BCUT2D eigenvalue weighted by Gasteiger charge is 2.21. The van der Waals surface area contributed by atoms with Crippen LogP contribution in [-0.4, -0.2) is 4.57 Å². The highest BCUT2D eigenvalue weighted by molar-refractivity contribution is 6.13. The van der Waals surface area contributed by atoms with Crippen molar-refractivity contribution in [3.8, 4) is 27.9 Å². The third-order valence-corrected chi connectivity index (χ3v) is 11.0. The molecule has 9 aromatic carbocycles. The molecule has 0 spiro atoms. The van der Waals surface area contributed by atoms with Crippen LogP contribution in [0.3, 0.4) is 0 Å². The topological polar surface area (TPSA) is 21.3 Å². The van der Waals surface area contributed by atoms with E-state index in [-0.39, 0.29) is 0 Å². The monoisotopic (exact) mass is 702 g/mol. The second kappa shape index (κ2) is 12.6. The number of hydrogen-bond donors (Lipinski definition) is 0. The van der Waals surface area contributed by atoms with Gasteiger partial charge < -0.3 is 13.9 Å². The summed E-state index contributed by atoms with van der Waals surface area (Å²) >= 11 is 0. The van der Waals surface area contributed by atoms with Crippen LogP contribution in [0, 0.1) is 0 Å². The van der Waals surface area contributed by atoms with Crippen LogP contribution in [0.15, 0.2) is 211 Å². The molecular formula is C52H34N2O. The van der Waals surface area contributed by atoms with E-state index < -0.39 is 0 Å². The summed E-state index contributed by atoms with van der Waals surface area (Å²) in [5, 5.41) is 7.19. The molecule has 2 aromatic heterocycles. The van der Waals surface area contributed by atoms with E-state index in [4.69, 9.17) is 4.42 Å². The average molecular weight is 703 g/mol. The minimum atomic E-state index is 0.890. The summed E-state index contributed by atoms with van der Waals surface area (Å²) in [6.07, 6.45) is 0. The Balaban J connectivity index is 1.16. The fourth-order valence-electron chi connectivity index (χ4n) is 8.58. The SMILES string of the molecule is c1cc(-c2cccc3oc4ccccc4c23)cc(N(c2cccc(-n3c4ccccc4c4ccccc43)c2)c2ccccc2-c2cccc3ccccc23)c1. The average Bonchev–Trinajstić information content (AvgIpc) is 3.80. The van der Waals surface area contributed by atoms with Crippen molar-refractivity contribution in [2.75, 3.05) is 4.90 Å². The first-order chi connectivity index (χ1) is 27.3. The van der Waals surface area contributed by atoms with Gasteiger partial charge in [-0.05, 0) is 88.1 Å². The van der Waals surface area contributed by atoms with Crippen LogP contribution in [0.1, 0.15) is 0 Å². The normalized spacial score (nSPS) is 11.6. The smallest absolute Gasteiger partial charge is 0.136 e. The Hall–Kier alpha value is -7.36. The summed E-state index contributed by atoms with van der Waals surface area (Å²) < 4.78 is 8.72. The fourth-order valence-corrected chi connectivity index (χ4v) is 8.58. The maximum Gasteiger partial charge on any atom is 0.136 e. The third-order valence-electron chi connectivity index (χ3n) is 11.0. The Morgan fingerprint density at radius 2 is 0.945 bits per heavy atom. The number of benzene rings is 9. The highest BCUT2D eigenvalue weighted by Crippen LogP contribution is 2.45. The summed E-state index contributed by atoms with van der Waals surface area (Å²) in [5.41, 5.74) is 13.1. The third kappa shape index (κ3) is 5.05. The number of fused-ring (bicyclic) bond motifs is 7. The van der Waals surface area contributed by atoms with Gasteiger partial charge in [-0.2, -0.15) is 0 Å². The van der Waals surface area contributed by atoms with Gasteiger partial charge in [-0.1, -0.05) is 146 Å². The first kappa shape index (κ1) is 31.2. The van der Waals surface area contributed by atoms with Gasteiger partial charge in [0.25, 0.3) is 0 Å². The van der Waals surface area contributed by atoms with Gasteiger partial charge in [-0.15, -0.1) is 0 Å². The van der Waals surface area contributed by atoms with Gasteiger partial charge in [0.05, 0.1) is 16.7 Å². The molecule has 0 aliphatic heterocycles.